The average molecular weight is 339 g/mol. The third-order valence-corrected chi connectivity index (χ3v) is 4.08. The van der Waals surface area contributed by atoms with Gasteiger partial charge < -0.3 is 4.90 Å². The summed E-state index contributed by atoms with van der Waals surface area (Å²) in [6, 6.07) is 3.56. The SMILES string of the molecule is CC(=O)CC1CCCCCN1C(=O)c1ccc(Br)cn1. The van der Waals surface area contributed by atoms with E-state index in [1.807, 2.05) is 11.0 Å². The van der Waals surface area contributed by atoms with Crippen LogP contribution >= 0.6 is 15.9 Å². The second kappa shape index (κ2) is 6.97. The first kappa shape index (κ1) is 15.2. The van der Waals surface area contributed by atoms with Crippen LogP contribution in [0.4, 0.5) is 0 Å². The van der Waals surface area contributed by atoms with Gasteiger partial charge in [0.05, 0.1) is 0 Å². The molecule has 0 aliphatic carbocycles. The topological polar surface area (TPSA) is 50.3 Å². The van der Waals surface area contributed by atoms with Gasteiger partial charge in [0.25, 0.3) is 5.91 Å². The van der Waals surface area contributed by atoms with Crippen molar-refractivity contribution in [3.05, 3.63) is 28.5 Å². The molecule has 20 heavy (non-hydrogen) atoms. The fourth-order valence-corrected chi connectivity index (χ4v) is 2.87. The van der Waals surface area contributed by atoms with Gasteiger partial charge >= 0.3 is 0 Å². The predicted molar refractivity (Wildman–Crippen MR) is 80.5 cm³/mol. The largest absolute Gasteiger partial charge is 0.334 e. The van der Waals surface area contributed by atoms with Crippen LogP contribution in [0, 0.1) is 0 Å². The second-order valence-electron chi connectivity index (χ2n) is 5.27. The number of carbonyl (C=O) groups is 2. The minimum Gasteiger partial charge on any atom is -0.334 e. The Morgan fingerprint density at radius 1 is 1.35 bits per heavy atom. The fourth-order valence-electron chi connectivity index (χ4n) is 2.64. The molecule has 0 radical (unpaired) electrons. The van der Waals surface area contributed by atoms with Crippen LogP contribution in [0.15, 0.2) is 22.8 Å². The molecule has 1 unspecified atom stereocenters. The molecule has 1 saturated heterocycles. The Morgan fingerprint density at radius 2 is 2.15 bits per heavy atom. The zero-order valence-electron chi connectivity index (χ0n) is 11.6. The molecule has 2 heterocycles. The van der Waals surface area contributed by atoms with E-state index < -0.39 is 0 Å². The van der Waals surface area contributed by atoms with Gasteiger partial charge in [-0.15, -0.1) is 0 Å². The maximum absolute atomic E-state index is 12.6. The number of amides is 1. The normalized spacial score (nSPS) is 19.5. The monoisotopic (exact) mass is 338 g/mol. The zero-order chi connectivity index (χ0) is 14.5. The molecule has 1 aromatic heterocycles. The lowest BCUT2D eigenvalue weighted by atomic mass is 10.0. The molecule has 5 heteroatoms. The van der Waals surface area contributed by atoms with E-state index in [0.717, 1.165) is 30.2 Å². The lowest BCUT2D eigenvalue weighted by Crippen LogP contribution is -2.41. The number of ketones is 1. The Labute approximate surface area is 127 Å². The zero-order valence-corrected chi connectivity index (χ0v) is 13.2. The van der Waals surface area contributed by atoms with Crippen LogP contribution in [0.25, 0.3) is 0 Å². The van der Waals surface area contributed by atoms with Crippen LogP contribution in [0.2, 0.25) is 0 Å². The highest BCUT2D eigenvalue weighted by atomic mass is 79.9. The lowest BCUT2D eigenvalue weighted by Gasteiger charge is -2.29. The Hall–Kier alpha value is -1.23. The smallest absolute Gasteiger partial charge is 0.272 e. The molecule has 108 valence electrons. The molecule has 0 spiro atoms. The third-order valence-electron chi connectivity index (χ3n) is 3.61. The molecule has 1 aliphatic rings. The van der Waals surface area contributed by atoms with Gasteiger partial charge in [-0.2, -0.15) is 0 Å². The van der Waals surface area contributed by atoms with Crippen LogP contribution in [0.1, 0.15) is 49.5 Å². The Balaban J connectivity index is 2.18. The van der Waals surface area contributed by atoms with E-state index in [4.69, 9.17) is 0 Å². The van der Waals surface area contributed by atoms with Gasteiger partial charge in [0.1, 0.15) is 11.5 Å². The van der Waals surface area contributed by atoms with Crippen LogP contribution in [0.3, 0.4) is 0 Å². The van der Waals surface area contributed by atoms with E-state index in [0.29, 0.717) is 18.7 Å². The van der Waals surface area contributed by atoms with Gasteiger partial charge in [0.2, 0.25) is 0 Å². The number of carbonyl (C=O) groups excluding carboxylic acids is 2. The Morgan fingerprint density at radius 3 is 2.80 bits per heavy atom. The molecule has 1 fully saturated rings. The standard InChI is InChI=1S/C15H19BrN2O2/c1-11(19)9-13-5-3-2-4-8-18(13)15(20)14-7-6-12(16)10-17-14/h6-7,10,13H,2-5,8-9H2,1H3. The molecule has 1 atom stereocenters. The maximum atomic E-state index is 12.6. The number of aromatic nitrogens is 1. The molecule has 4 nitrogen and oxygen atoms in total. The number of pyridine rings is 1. The highest BCUT2D eigenvalue weighted by molar-refractivity contribution is 9.10. The van der Waals surface area contributed by atoms with Crippen molar-refractivity contribution in [2.24, 2.45) is 0 Å². The number of halogens is 1. The van der Waals surface area contributed by atoms with Crippen LogP contribution in [-0.4, -0.2) is 34.2 Å². The summed E-state index contributed by atoms with van der Waals surface area (Å²) in [4.78, 5) is 30.0. The summed E-state index contributed by atoms with van der Waals surface area (Å²) in [6.07, 6.45) is 6.17. The summed E-state index contributed by atoms with van der Waals surface area (Å²) >= 11 is 3.32. The molecule has 0 N–H and O–H groups in total. The molecule has 0 aromatic carbocycles. The molecule has 1 amide bonds. The minimum absolute atomic E-state index is 0.0212. The van der Waals surface area contributed by atoms with E-state index in [9.17, 15) is 9.59 Å². The molecule has 0 saturated carbocycles. The first-order chi connectivity index (χ1) is 9.58. The summed E-state index contributed by atoms with van der Waals surface area (Å²) in [5, 5.41) is 0. The van der Waals surface area contributed by atoms with Gasteiger partial charge in [0.15, 0.2) is 0 Å². The summed E-state index contributed by atoms with van der Waals surface area (Å²) < 4.78 is 0.852. The average Bonchev–Trinajstić information content (AvgIpc) is 2.63. The number of likely N-dealkylation sites (tertiary alicyclic amines) is 1. The van der Waals surface area contributed by atoms with Crippen molar-refractivity contribution in [1.82, 2.24) is 9.88 Å². The Bertz CT molecular complexity index is 487. The van der Waals surface area contributed by atoms with Crippen molar-refractivity contribution >= 4 is 27.6 Å². The van der Waals surface area contributed by atoms with E-state index in [2.05, 4.69) is 20.9 Å². The van der Waals surface area contributed by atoms with Crippen LogP contribution in [0.5, 0.6) is 0 Å². The van der Waals surface area contributed by atoms with E-state index in [-0.39, 0.29) is 17.7 Å². The molecule has 1 aliphatic heterocycles. The van der Waals surface area contributed by atoms with E-state index in [1.165, 1.54) is 0 Å². The highest BCUT2D eigenvalue weighted by Crippen LogP contribution is 2.21. The number of hydrogen-bond donors (Lipinski definition) is 0. The van der Waals surface area contributed by atoms with Crippen molar-refractivity contribution in [2.75, 3.05) is 6.54 Å². The second-order valence-corrected chi connectivity index (χ2v) is 6.19. The molecular weight excluding hydrogens is 320 g/mol. The summed E-state index contributed by atoms with van der Waals surface area (Å²) in [5.74, 6) is 0.0733. The number of rotatable bonds is 3. The van der Waals surface area contributed by atoms with Crippen molar-refractivity contribution in [2.45, 2.75) is 45.1 Å². The van der Waals surface area contributed by atoms with Gasteiger partial charge in [-0.25, -0.2) is 4.98 Å². The first-order valence-corrected chi connectivity index (χ1v) is 7.79. The summed E-state index contributed by atoms with van der Waals surface area (Å²) in [6.45, 7) is 2.31. The van der Waals surface area contributed by atoms with Crippen molar-refractivity contribution < 1.29 is 9.59 Å². The quantitative estimate of drug-likeness (QED) is 0.850. The number of Topliss-reactive ketones (excluding diaryl/α,β-unsaturated/α-hetero) is 1. The van der Waals surface area contributed by atoms with Gasteiger partial charge in [-0.1, -0.05) is 12.8 Å². The van der Waals surface area contributed by atoms with Crippen molar-refractivity contribution in [3.63, 3.8) is 0 Å². The third kappa shape index (κ3) is 3.88. The van der Waals surface area contributed by atoms with E-state index in [1.54, 1.807) is 19.2 Å². The van der Waals surface area contributed by atoms with Crippen LogP contribution < -0.4 is 0 Å². The molecular formula is C15H19BrN2O2. The molecule has 0 bridgehead atoms. The van der Waals surface area contributed by atoms with Crippen LogP contribution in [-0.2, 0) is 4.79 Å². The first-order valence-electron chi connectivity index (χ1n) is 7.00. The van der Waals surface area contributed by atoms with Crippen molar-refractivity contribution in [1.29, 1.82) is 0 Å². The lowest BCUT2D eigenvalue weighted by molar-refractivity contribution is -0.118. The Kier molecular flexibility index (Phi) is 5.29. The highest BCUT2D eigenvalue weighted by Gasteiger charge is 2.27. The summed E-state index contributed by atoms with van der Waals surface area (Å²) in [5.41, 5.74) is 0.448. The number of hydrogen-bond acceptors (Lipinski definition) is 3. The minimum atomic E-state index is -0.0642. The molecule has 2 rings (SSSR count). The van der Waals surface area contributed by atoms with Gasteiger partial charge in [0, 0.05) is 29.7 Å². The fraction of sp³-hybridized carbons (Fsp3) is 0.533. The number of nitrogens with zero attached hydrogens (tertiary/aromatic N) is 2. The summed E-state index contributed by atoms with van der Waals surface area (Å²) in [7, 11) is 0. The predicted octanol–water partition coefficient (Wildman–Crippen LogP) is 3.21. The van der Waals surface area contributed by atoms with Crippen molar-refractivity contribution in [3.8, 4) is 0 Å². The van der Waals surface area contributed by atoms with Gasteiger partial charge in [-0.05, 0) is 47.8 Å². The van der Waals surface area contributed by atoms with Gasteiger partial charge in [-0.3, -0.25) is 9.59 Å². The van der Waals surface area contributed by atoms with E-state index >= 15 is 0 Å². The maximum Gasteiger partial charge on any atom is 0.272 e. The molecule has 1 aromatic rings.